The van der Waals surface area contributed by atoms with Gasteiger partial charge >= 0.3 is 0 Å². The molecular weight excluding hydrogens is 272 g/mol. The standard InChI is InChI=1S/C14H16N4OS/c19-13-11-4-1-3-10(7-11)8-16-14-17-12(9-20-18-14)5-2-6-15-13/h1,3-4,7,9,20H,2,5-6,8H2,(H,15,19)(H,16,17,18). The SMILES string of the molecule is O=C1NCCCC2=C[SH]=NC(=N2)NCc2cccc1c2. The Hall–Kier alpha value is -1.95. The maximum Gasteiger partial charge on any atom is 0.251 e. The quantitative estimate of drug-likeness (QED) is 0.634. The molecule has 0 unspecified atom stereocenters. The fourth-order valence-electron chi connectivity index (χ4n) is 2.11. The molecule has 6 heteroatoms. The first-order chi connectivity index (χ1) is 9.81. The van der Waals surface area contributed by atoms with Crippen molar-refractivity contribution < 1.29 is 4.79 Å². The number of carbonyl (C=O) groups excluding carboxylic acids is 1. The molecule has 0 saturated heterocycles. The molecule has 1 aromatic carbocycles. The van der Waals surface area contributed by atoms with Crippen molar-refractivity contribution in [1.29, 1.82) is 0 Å². The lowest BCUT2D eigenvalue weighted by molar-refractivity contribution is 0.0953. The first-order valence-corrected chi connectivity index (χ1v) is 7.52. The van der Waals surface area contributed by atoms with Crippen LogP contribution in [-0.4, -0.2) is 18.4 Å². The van der Waals surface area contributed by atoms with Crippen LogP contribution in [0.15, 0.2) is 44.7 Å². The lowest BCUT2D eigenvalue weighted by atomic mass is 10.1. The van der Waals surface area contributed by atoms with Crippen LogP contribution >= 0.6 is 0 Å². The average Bonchev–Trinajstić information content (AvgIpc) is 2.50. The Morgan fingerprint density at radius 2 is 2.20 bits per heavy atom. The maximum atomic E-state index is 12.0. The molecule has 0 aromatic heterocycles. The molecule has 0 fully saturated rings. The van der Waals surface area contributed by atoms with Crippen molar-refractivity contribution in [2.24, 2.45) is 9.36 Å². The second-order valence-electron chi connectivity index (χ2n) is 4.68. The van der Waals surface area contributed by atoms with Crippen molar-refractivity contribution in [2.75, 3.05) is 6.54 Å². The number of rotatable bonds is 0. The van der Waals surface area contributed by atoms with E-state index in [1.165, 1.54) is 0 Å². The van der Waals surface area contributed by atoms with E-state index in [-0.39, 0.29) is 5.91 Å². The summed E-state index contributed by atoms with van der Waals surface area (Å²) >= 11 is 0.916. The second-order valence-corrected chi connectivity index (χ2v) is 5.37. The van der Waals surface area contributed by atoms with E-state index in [9.17, 15) is 4.79 Å². The predicted molar refractivity (Wildman–Crippen MR) is 81.6 cm³/mol. The first kappa shape index (κ1) is 13.1. The molecule has 3 rings (SSSR count). The third kappa shape index (κ3) is 3.14. The summed E-state index contributed by atoms with van der Waals surface area (Å²) in [6, 6.07) is 7.62. The number of hydrogen-bond acceptors (Lipinski definition) is 4. The van der Waals surface area contributed by atoms with Crippen LogP contribution in [0.1, 0.15) is 28.8 Å². The van der Waals surface area contributed by atoms with Crippen LogP contribution in [0.2, 0.25) is 0 Å². The molecule has 1 aromatic rings. The zero-order valence-electron chi connectivity index (χ0n) is 11.0. The summed E-state index contributed by atoms with van der Waals surface area (Å²) in [4.78, 5) is 16.5. The van der Waals surface area contributed by atoms with Gasteiger partial charge in [-0.15, -0.1) is 0 Å². The van der Waals surface area contributed by atoms with Crippen LogP contribution in [-0.2, 0) is 18.1 Å². The highest BCUT2D eigenvalue weighted by Gasteiger charge is 2.09. The van der Waals surface area contributed by atoms with Crippen LogP contribution in [0.4, 0.5) is 0 Å². The molecule has 5 nitrogen and oxygen atoms in total. The zero-order valence-corrected chi connectivity index (χ0v) is 11.9. The van der Waals surface area contributed by atoms with Gasteiger partial charge in [0.1, 0.15) is 0 Å². The molecule has 20 heavy (non-hydrogen) atoms. The number of guanidine groups is 1. The minimum atomic E-state index is -0.0181. The van der Waals surface area contributed by atoms with Gasteiger partial charge < -0.3 is 10.6 Å². The molecule has 2 aliphatic heterocycles. The van der Waals surface area contributed by atoms with Gasteiger partial charge in [0, 0.05) is 24.1 Å². The number of fused-ring (bicyclic) bond motifs is 3. The molecule has 2 N–H and O–H groups in total. The smallest absolute Gasteiger partial charge is 0.251 e. The third-order valence-corrected chi connectivity index (χ3v) is 3.86. The monoisotopic (exact) mass is 288 g/mol. The third-order valence-electron chi connectivity index (χ3n) is 3.14. The Labute approximate surface area is 121 Å². The molecule has 2 heterocycles. The second kappa shape index (κ2) is 6.00. The summed E-state index contributed by atoms with van der Waals surface area (Å²) in [5.74, 6) is 0.656. The van der Waals surface area contributed by atoms with Gasteiger partial charge in [-0.1, -0.05) is 23.7 Å². The Morgan fingerprint density at radius 3 is 3.15 bits per heavy atom. The van der Waals surface area contributed by atoms with E-state index in [0.717, 1.165) is 35.7 Å². The summed E-state index contributed by atoms with van der Waals surface area (Å²) in [6.45, 7) is 1.28. The molecular formula is C14H16N4OS. The average molecular weight is 288 g/mol. The van der Waals surface area contributed by atoms with Crippen LogP contribution in [0.3, 0.4) is 0 Å². The number of carbonyl (C=O) groups is 1. The van der Waals surface area contributed by atoms with E-state index in [1.807, 2.05) is 29.7 Å². The van der Waals surface area contributed by atoms with Gasteiger partial charge in [-0.2, -0.15) is 4.36 Å². The number of thiol groups is 1. The number of nitrogens with zero attached hydrogens (tertiary/aromatic N) is 2. The largest absolute Gasteiger partial charge is 0.352 e. The van der Waals surface area contributed by atoms with E-state index in [0.29, 0.717) is 24.6 Å². The topological polar surface area (TPSA) is 65.8 Å². The number of hydrogen-bond donors (Lipinski definition) is 3. The van der Waals surface area contributed by atoms with Gasteiger partial charge in [0.15, 0.2) is 0 Å². The Balaban J connectivity index is 1.86. The Kier molecular flexibility index (Phi) is 3.92. The van der Waals surface area contributed by atoms with Gasteiger partial charge in [0.05, 0.1) is 5.70 Å². The van der Waals surface area contributed by atoms with E-state index >= 15 is 0 Å². The van der Waals surface area contributed by atoms with Crippen molar-refractivity contribution in [3.05, 3.63) is 46.5 Å². The summed E-state index contributed by atoms with van der Waals surface area (Å²) in [5, 5.41) is 8.17. The normalized spacial score (nSPS) is 18.9. The summed E-state index contributed by atoms with van der Waals surface area (Å²) in [6.07, 6.45) is 1.73. The van der Waals surface area contributed by atoms with Gasteiger partial charge in [-0.25, -0.2) is 4.99 Å². The van der Waals surface area contributed by atoms with Gasteiger partial charge in [-0.05, 0) is 30.5 Å². The lowest BCUT2D eigenvalue weighted by Gasteiger charge is -2.09. The summed E-state index contributed by atoms with van der Waals surface area (Å²) < 4.78 is 4.31. The van der Waals surface area contributed by atoms with E-state index in [2.05, 4.69) is 20.0 Å². The Bertz CT molecular complexity index is 621. The minimum Gasteiger partial charge on any atom is -0.352 e. The lowest BCUT2D eigenvalue weighted by Crippen LogP contribution is -2.24. The highest BCUT2D eigenvalue weighted by Crippen LogP contribution is 2.12. The highest BCUT2D eigenvalue weighted by molar-refractivity contribution is 7.71. The molecule has 0 atom stereocenters. The fourth-order valence-corrected chi connectivity index (χ4v) is 2.71. The number of nitrogens with one attached hydrogen (secondary N) is 2. The molecule has 0 spiro atoms. The Morgan fingerprint density at radius 1 is 1.25 bits per heavy atom. The maximum absolute atomic E-state index is 12.0. The van der Waals surface area contributed by atoms with E-state index < -0.39 is 0 Å². The predicted octanol–water partition coefficient (Wildman–Crippen LogP) is 1.51. The van der Waals surface area contributed by atoms with Crippen molar-refractivity contribution in [1.82, 2.24) is 10.6 Å². The van der Waals surface area contributed by atoms with Crippen molar-refractivity contribution in [3.63, 3.8) is 0 Å². The first-order valence-electron chi connectivity index (χ1n) is 6.61. The van der Waals surface area contributed by atoms with E-state index in [4.69, 9.17) is 0 Å². The van der Waals surface area contributed by atoms with Crippen molar-refractivity contribution in [3.8, 4) is 0 Å². The number of amides is 1. The van der Waals surface area contributed by atoms with Gasteiger partial charge in [0.25, 0.3) is 5.91 Å². The molecule has 0 aliphatic carbocycles. The van der Waals surface area contributed by atoms with Crippen LogP contribution in [0.5, 0.6) is 0 Å². The fraction of sp³-hybridized carbons (Fsp3) is 0.286. The zero-order chi connectivity index (χ0) is 13.8. The van der Waals surface area contributed by atoms with Crippen LogP contribution in [0.25, 0.3) is 0 Å². The molecule has 1 amide bonds. The number of benzene rings is 1. The van der Waals surface area contributed by atoms with Gasteiger partial charge in [-0.3, -0.25) is 4.79 Å². The van der Waals surface area contributed by atoms with Crippen LogP contribution in [0, 0.1) is 0 Å². The van der Waals surface area contributed by atoms with Gasteiger partial charge in [0.2, 0.25) is 5.96 Å². The molecule has 0 radical (unpaired) electrons. The highest BCUT2D eigenvalue weighted by atomic mass is 32.1. The van der Waals surface area contributed by atoms with Crippen molar-refractivity contribution in [2.45, 2.75) is 19.4 Å². The van der Waals surface area contributed by atoms with Crippen molar-refractivity contribution >= 4 is 23.4 Å². The minimum absolute atomic E-state index is 0.0181. The summed E-state index contributed by atoms with van der Waals surface area (Å²) in [5.41, 5.74) is 2.77. The van der Waals surface area contributed by atoms with Crippen LogP contribution < -0.4 is 10.6 Å². The molecule has 4 bridgehead atoms. The number of allylic oxidation sites excluding steroid dienone is 1. The van der Waals surface area contributed by atoms with E-state index in [1.54, 1.807) is 0 Å². The molecule has 0 saturated carbocycles. The molecule has 104 valence electrons. The number of aliphatic imine (C=N–C) groups is 1. The summed E-state index contributed by atoms with van der Waals surface area (Å²) in [7, 11) is 0. The molecule has 2 aliphatic rings.